The molecule has 6 nitrogen and oxygen atoms in total. The fourth-order valence-corrected chi connectivity index (χ4v) is 4.30. The molecule has 142 valence electrons. The smallest absolute Gasteiger partial charge is 0.339 e. The van der Waals surface area contributed by atoms with Gasteiger partial charge in [-0.25, -0.2) is 4.79 Å². The molecular weight excluding hydrogens is 342 g/mol. The van der Waals surface area contributed by atoms with E-state index in [1.807, 2.05) is 15.6 Å². The minimum atomic E-state index is -0.941. The fourth-order valence-electron chi connectivity index (χ4n) is 4.30. The lowest BCUT2D eigenvalue weighted by molar-refractivity contribution is -0.132. The third kappa shape index (κ3) is 3.61. The van der Waals surface area contributed by atoms with Crippen LogP contribution in [0.25, 0.3) is 0 Å². The Bertz CT molecular complexity index is 838. The largest absolute Gasteiger partial charge is 0.478 e. The van der Waals surface area contributed by atoms with Gasteiger partial charge in [-0.1, -0.05) is 30.3 Å². The normalized spacial score (nSPS) is 22.6. The molecule has 6 heteroatoms. The number of rotatable bonds is 5. The summed E-state index contributed by atoms with van der Waals surface area (Å²) in [6.45, 7) is 3.23. The Hall–Kier alpha value is -2.63. The molecule has 1 aliphatic carbocycles. The van der Waals surface area contributed by atoms with Crippen LogP contribution in [0.5, 0.6) is 0 Å². The quantitative estimate of drug-likeness (QED) is 0.880. The predicted octanol–water partition coefficient (Wildman–Crippen LogP) is 3.25. The summed E-state index contributed by atoms with van der Waals surface area (Å²) in [5, 5.41) is 13.4. The second-order valence-corrected chi connectivity index (χ2v) is 7.72. The van der Waals surface area contributed by atoms with Crippen LogP contribution in [-0.2, 0) is 4.79 Å². The molecule has 0 radical (unpaired) electrons. The average molecular weight is 367 g/mol. The summed E-state index contributed by atoms with van der Waals surface area (Å²) >= 11 is 0. The maximum Gasteiger partial charge on any atom is 0.339 e. The minimum Gasteiger partial charge on any atom is -0.478 e. The van der Waals surface area contributed by atoms with E-state index >= 15 is 0 Å². The number of carbonyl (C=O) groups is 2. The van der Waals surface area contributed by atoms with Crippen LogP contribution < -0.4 is 0 Å². The van der Waals surface area contributed by atoms with Crippen molar-refractivity contribution in [3.05, 3.63) is 53.3 Å². The van der Waals surface area contributed by atoms with E-state index in [1.54, 1.807) is 6.92 Å². The number of hydrogen-bond acceptors (Lipinski definition) is 3. The Kier molecular flexibility index (Phi) is 4.72. The van der Waals surface area contributed by atoms with Crippen molar-refractivity contribution in [3.63, 3.8) is 0 Å². The molecule has 1 amide bonds. The van der Waals surface area contributed by atoms with E-state index < -0.39 is 5.97 Å². The maximum absolute atomic E-state index is 12.7. The minimum absolute atomic E-state index is 0.167. The van der Waals surface area contributed by atoms with Gasteiger partial charge in [-0.15, -0.1) is 0 Å². The van der Waals surface area contributed by atoms with Gasteiger partial charge in [-0.3, -0.25) is 9.48 Å². The molecule has 1 aliphatic heterocycles. The topological polar surface area (TPSA) is 75.4 Å². The number of carboxylic acids is 1. The molecule has 2 heterocycles. The Morgan fingerprint density at radius 1 is 1.19 bits per heavy atom. The van der Waals surface area contributed by atoms with Crippen molar-refractivity contribution in [2.45, 2.75) is 44.6 Å². The number of amides is 1. The second-order valence-electron chi connectivity index (χ2n) is 7.72. The third-order valence-electron chi connectivity index (χ3n) is 6.03. The third-order valence-corrected chi connectivity index (χ3v) is 6.03. The summed E-state index contributed by atoms with van der Waals surface area (Å²) in [5.74, 6) is 0.321. The molecule has 2 aliphatic rings. The molecule has 27 heavy (non-hydrogen) atoms. The van der Waals surface area contributed by atoms with Crippen LogP contribution >= 0.6 is 0 Å². The van der Waals surface area contributed by atoms with Gasteiger partial charge in [0.2, 0.25) is 5.91 Å². The molecule has 1 aromatic heterocycles. The van der Waals surface area contributed by atoms with Crippen molar-refractivity contribution in [3.8, 4) is 0 Å². The number of likely N-dealkylation sites (tertiary alicyclic amines) is 1. The molecule has 1 N–H and O–H groups in total. The van der Waals surface area contributed by atoms with Gasteiger partial charge in [0, 0.05) is 19.5 Å². The average Bonchev–Trinajstić information content (AvgIpc) is 3.33. The van der Waals surface area contributed by atoms with Gasteiger partial charge in [0.15, 0.2) is 0 Å². The predicted molar refractivity (Wildman–Crippen MR) is 101 cm³/mol. The second kappa shape index (κ2) is 7.18. The molecular formula is C21H25N3O3. The van der Waals surface area contributed by atoms with E-state index in [4.69, 9.17) is 0 Å². The number of aromatic nitrogens is 2. The number of hydrogen-bond donors (Lipinski definition) is 1. The van der Waals surface area contributed by atoms with E-state index in [0.717, 1.165) is 19.3 Å². The Morgan fingerprint density at radius 3 is 2.52 bits per heavy atom. The Balaban J connectivity index is 1.29. The summed E-state index contributed by atoms with van der Waals surface area (Å²) in [7, 11) is 0. The number of aromatic carboxylic acids is 1. The highest BCUT2D eigenvalue weighted by atomic mass is 16.4. The van der Waals surface area contributed by atoms with Gasteiger partial charge < -0.3 is 10.0 Å². The lowest BCUT2D eigenvalue weighted by Crippen LogP contribution is -2.39. The molecule has 2 atom stereocenters. The highest BCUT2D eigenvalue weighted by Crippen LogP contribution is 2.49. The highest BCUT2D eigenvalue weighted by molar-refractivity contribution is 5.88. The molecule has 1 saturated carbocycles. The van der Waals surface area contributed by atoms with Crippen molar-refractivity contribution >= 4 is 11.9 Å². The molecule has 0 spiro atoms. The summed E-state index contributed by atoms with van der Waals surface area (Å²) in [4.78, 5) is 25.8. The SMILES string of the molecule is Cc1c(C(=O)O)cnn1C1CCN(C(=O)C[C@@H]2C[C@H]2c2ccccc2)CC1. The molecule has 0 unspecified atom stereocenters. The molecule has 2 fully saturated rings. The Morgan fingerprint density at radius 2 is 1.89 bits per heavy atom. The lowest BCUT2D eigenvalue weighted by atomic mass is 10.0. The van der Waals surface area contributed by atoms with Gasteiger partial charge in [-0.05, 0) is 43.6 Å². The zero-order valence-electron chi connectivity index (χ0n) is 15.5. The van der Waals surface area contributed by atoms with E-state index in [-0.39, 0.29) is 17.5 Å². The van der Waals surface area contributed by atoms with Crippen LogP contribution in [0.1, 0.15) is 59.3 Å². The van der Waals surface area contributed by atoms with Crippen molar-refractivity contribution in [2.75, 3.05) is 13.1 Å². The van der Waals surface area contributed by atoms with Crippen molar-refractivity contribution < 1.29 is 14.7 Å². The van der Waals surface area contributed by atoms with Gasteiger partial charge in [-0.2, -0.15) is 5.10 Å². The number of carboxylic acid groups (broad SMARTS) is 1. The van der Waals surface area contributed by atoms with Crippen molar-refractivity contribution in [2.24, 2.45) is 5.92 Å². The molecule has 1 saturated heterocycles. The summed E-state index contributed by atoms with van der Waals surface area (Å²) < 4.78 is 1.82. The number of nitrogens with zero attached hydrogens (tertiary/aromatic N) is 3. The van der Waals surface area contributed by atoms with E-state index in [1.165, 1.54) is 11.8 Å². The first-order valence-corrected chi connectivity index (χ1v) is 9.64. The highest BCUT2D eigenvalue weighted by Gasteiger charge is 2.40. The monoisotopic (exact) mass is 367 g/mol. The van der Waals surface area contributed by atoms with Crippen LogP contribution in [-0.4, -0.2) is 44.8 Å². The number of benzene rings is 1. The first-order valence-electron chi connectivity index (χ1n) is 9.64. The van der Waals surface area contributed by atoms with Crippen LogP contribution in [0.3, 0.4) is 0 Å². The summed E-state index contributed by atoms with van der Waals surface area (Å²) in [5.41, 5.74) is 2.29. The fraction of sp³-hybridized carbons (Fsp3) is 0.476. The van der Waals surface area contributed by atoms with Crippen molar-refractivity contribution in [1.29, 1.82) is 0 Å². The molecule has 1 aromatic carbocycles. The van der Waals surface area contributed by atoms with E-state index in [2.05, 4.69) is 29.4 Å². The molecule has 0 bridgehead atoms. The maximum atomic E-state index is 12.7. The molecule has 2 aromatic rings. The standard InChI is InChI=1S/C21H25N3O3/c1-14-19(21(26)27)13-22-24(14)17-7-9-23(10-8-17)20(25)12-16-11-18(16)15-5-3-2-4-6-15/h2-6,13,16-18H,7-12H2,1H3,(H,26,27)/t16-,18-/m0/s1. The van der Waals surface area contributed by atoms with Crippen molar-refractivity contribution in [1.82, 2.24) is 14.7 Å². The molecule has 4 rings (SSSR count). The van der Waals surface area contributed by atoms with E-state index in [0.29, 0.717) is 37.0 Å². The van der Waals surface area contributed by atoms with Gasteiger partial charge in [0.05, 0.1) is 17.9 Å². The number of piperidine rings is 1. The van der Waals surface area contributed by atoms with Gasteiger partial charge in [0.25, 0.3) is 0 Å². The first kappa shape index (κ1) is 17.8. The number of carbonyl (C=O) groups excluding carboxylic acids is 1. The van der Waals surface area contributed by atoms with Gasteiger partial charge in [0.1, 0.15) is 5.56 Å². The van der Waals surface area contributed by atoms with Crippen LogP contribution in [0.2, 0.25) is 0 Å². The van der Waals surface area contributed by atoms with Gasteiger partial charge >= 0.3 is 5.97 Å². The summed E-state index contributed by atoms with van der Waals surface area (Å²) in [6, 6.07) is 10.6. The van der Waals surface area contributed by atoms with Crippen LogP contribution in [0, 0.1) is 12.8 Å². The van der Waals surface area contributed by atoms with Crippen LogP contribution in [0.15, 0.2) is 36.5 Å². The van der Waals surface area contributed by atoms with Crippen LogP contribution in [0.4, 0.5) is 0 Å². The van der Waals surface area contributed by atoms with E-state index in [9.17, 15) is 14.7 Å². The summed E-state index contributed by atoms with van der Waals surface area (Å²) in [6.07, 6.45) is 4.80. The first-order chi connectivity index (χ1) is 13.0. The zero-order chi connectivity index (χ0) is 19.0. The lowest BCUT2D eigenvalue weighted by Gasteiger charge is -2.32. The Labute approximate surface area is 158 Å². The zero-order valence-corrected chi connectivity index (χ0v) is 15.5.